The lowest BCUT2D eigenvalue weighted by Gasteiger charge is -2.24. The smallest absolute Gasteiger partial charge is 0.338 e. The van der Waals surface area contributed by atoms with Crippen LogP contribution in [0.2, 0.25) is 5.02 Å². The summed E-state index contributed by atoms with van der Waals surface area (Å²) >= 11 is 22.8. The van der Waals surface area contributed by atoms with E-state index in [0.717, 1.165) is 143 Å². The van der Waals surface area contributed by atoms with Gasteiger partial charge in [0.05, 0.1) is 99.8 Å². The third-order valence-electron chi connectivity index (χ3n) is 22.9. The third kappa shape index (κ3) is 20.1. The number of methoxy groups -OCH3 is 4. The largest absolute Gasteiger partial charge is 0.465 e. The van der Waals surface area contributed by atoms with Gasteiger partial charge in [-0.05, 0) is 223 Å². The average molecular weight is 2010 g/mol. The van der Waals surface area contributed by atoms with E-state index in [2.05, 4.69) is 301 Å². The molecule has 666 valence electrons. The van der Waals surface area contributed by atoms with E-state index in [1.165, 1.54) is 98.6 Å². The second kappa shape index (κ2) is 41.8. The third-order valence-corrected chi connectivity index (χ3v) is 30.9. The SMILES string of the molecule is CN(C)c1ccccc1-c1ccccc1P(c1ccccc1)c1ccccc1.COC(=O)c1ccc2c(c1)Sc1c3ccc(C)cc3nc3cccc-2c13.COC(=O)c1cccc(S)c1.COC(=O)c1cccc(Sc2c3ccc(C)cc3nc3cccc(Br)c23)c1.COC(=O)c1cccc2c1-c1cccc3nc4cc(C)ccc4c(c13)S2.Cc1ccc2c(Cl)c3c(Br)cccc3nc2c1. The molecule has 0 N–H and O–H groups in total. The number of fused-ring (bicyclic) bond motifs is 12. The van der Waals surface area contributed by atoms with Crippen molar-refractivity contribution in [3.8, 4) is 33.4 Å². The summed E-state index contributed by atoms with van der Waals surface area (Å²) in [5.74, 6) is -1.29. The van der Waals surface area contributed by atoms with Gasteiger partial charge in [-0.3, -0.25) is 0 Å². The lowest BCUT2D eigenvalue weighted by molar-refractivity contribution is 0.0591. The molecule has 0 bridgehead atoms. The highest BCUT2D eigenvalue weighted by molar-refractivity contribution is 9.11. The number of esters is 4. The van der Waals surface area contributed by atoms with E-state index in [0.29, 0.717) is 22.3 Å². The van der Waals surface area contributed by atoms with Crippen molar-refractivity contribution in [1.82, 2.24) is 19.9 Å². The lowest BCUT2D eigenvalue weighted by Crippen LogP contribution is -2.22. The van der Waals surface area contributed by atoms with Crippen LogP contribution in [0.3, 0.4) is 0 Å². The molecule has 6 heterocycles. The van der Waals surface area contributed by atoms with Crippen molar-refractivity contribution in [2.45, 2.75) is 62.0 Å². The number of hydrogen-bond acceptors (Lipinski definition) is 17. The molecule has 20 aromatic rings. The number of halogens is 3. The molecule has 13 nitrogen and oxygen atoms in total. The summed E-state index contributed by atoms with van der Waals surface area (Å²) in [5.41, 5.74) is 22.8. The second-order valence-electron chi connectivity index (χ2n) is 32.2. The van der Waals surface area contributed by atoms with Crippen LogP contribution < -0.4 is 20.8 Å². The van der Waals surface area contributed by atoms with Gasteiger partial charge in [0.15, 0.2) is 0 Å². The molecule has 2 aliphatic heterocycles. The summed E-state index contributed by atoms with van der Waals surface area (Å²) < 4.78 is 21.2. The molecule has 0 saturated carbocycles. The number of anilines is 1. The van der Waals surface area contributed by atoms with Crippen LogP contribution in [0.15, 0.2) is 383 Å². The standard InChI is InChI=1S/C26H24NP.C22H16BrNO2S.2C22H15NO2S.C14H9BrClN.C8H8O2S/c1-27(2)25-19-11-9-17-23(25)24-18-10-12-20-26(24)28(21-13-5-3-6-14-21)22-15-7-4-8-16-22;1-13-9-10-16-19(11-13)24-18-8-4-7-17(23)20(18)21(16)27-15-6-3-5-14(12-15)22(25)26-2;1-12-9-10-13-17(11-12)23-16-7-3-5-14-19-15(22(24)25-2)6-4-8-18(19)26-21(13)20(14)16;1-12-6-8-16-18(10-12)23-17-5-3-4-15-14-9-7-13(22(24)25-2)11-19(14)26-21(16)20(15)17;1-8-5-6-9-12(7-8)17-11-4-2-3-10(15)13(11)14(9)16;1-10-8(9)6-3-2-4-7(11)5-6/h3-20H,1-2H3;3-12H,1-2H3;2*3-11H,1-2H3;2-7H,1H3;2-5,11H,1H3. The van der Waals surface area contributed by atoms with E-state index >= 15 is 0 Å². The topological polar surface area (TPSA) is 160 Å². The number of para-hydroxylation sites is 1. The summed E-state index contributed by atoms with van der Waals surface area (Å²) in [6, 6.07) is 115. The molecular formula is C114H87Br2ClN5O8PS4. The fourth-order valence-electron chi connectivity index (χ4n) is 16.6. The Morgan fingerprint density at radius 3 is 1.36 bits per heavy atom. The van der Waals surface area contributed by atoms with Crippen LogP contribution in [0.25, 0.3) is 121 Å². The molecule has 22 rings (SSSR count). The first-order valence-electron chi connectivity index (χ1n) is 43.1. The Balaban J connectivity index is 0.000000115. The Labute approximate surface area is 823 Å². The van der Waals surface area contributed by atoms with Gasteiger partial charge in [0.1, 0.15) is 0 Å². The molecule has 16 aromatic carbocycles. The van der Waals surface area contributed by atoms with Gasteiger partial charge in [0, 0.05) is 117 Å². The summed E-state index contributed by atoms with van der Waals surface area (Å²) in [7, 11) is 9.16. The summed E-state index contributed by atoms with van der Waals surface area (Å²) in [5, 5.41) is 13.6. The van der Waals surface area contributed by atoms with Crippen molar-refractivity contribution in [2.24, 2.45) is 0 Å². The van der Waals surface area contributed by atoms with Crippen molar-refractivity contribution < 1.29 is 38.1 Å². The monoisotopic (exact) mass is 2010 g/mol. The zero-order chi connectivity index (χ0) is 94.2. The Hall–Kier alpha value is -13.0. The van der Waals surface area contributed by atoms with Gasteiger partial charge in [0.25, 0.3) is 0 Å². The summed E-state index contributed by atoms with van der Waals surface area (Å²) in [4.78, 5) is 75.9. The molecule has 0 saturated heterocycles. The van der Waals surface area contributed by atoms with Crippen LogP contribution in [-0.2, 0) is 18.9 Å². The lowest BCUT2D eigenvalue weighted by atomic mass is 9.94. The molecule has 0 unspecified atom stereocenters. The number of nitrogens with zero attached hydrogens (tertiary/aromatic N) is 5. The van der Waals surface area contributed by atoms with Crippen LogP contribution >= 0.6 is 99.3 Å². The number of ether oxygens (including phenoxy) is 4. The van der Waals surface area contributed by atoms with Gasteiger partial charge in [-0.15, -0.1) is 12.6 Å². The van der Waals surface area contributed by atoms with Gasteiger partial charge >= 0.3 is 23.9 Å². The molecule has 0 atom stereocenters. The van der Waals surface area contributed by atoms with E-state index in [4.69, 9.17) is 40.8 Å². The van der Waals surface area contributed by atoms with Crippen LogP contribution in [0.5, 0.6) is 0 Å². The Morgan fingerprint density at radius 1 is 0.363 bits per heavy atom. The predicted octanol–water partition coefficient (Wildman–Crippen LogP) is 29.7. The minimum atomic E-state index is -0.641. The molecule has 21 heteroatoms. The zero-order valence-electron chi connectivity index (χ0n) is 75.1. The Morgan fingerprint density at radius 2 is 0.793 bits per heavy atom. The molecule has 0 aliphatic carbocycles. The number of benzene rings is 16. The zero-order valence-corrected chi connectivity index (χ0v) is 83.3. The number of thiol groups is 1. The van der Waals surface area contributed by atoms with E-state index in [9.17, 15) is 19.2 Å². The number of aryl methyl sites for hydroxylation is 4. The number of aromatic nitrogens is 4. The highest BCUT2D eigenvalue weighted by Crippen LogP contribution is 2.54. The van der Waals surface area contributed by atoms with Crippen LogP contribution in [0.1, 0.15) is 63.7 Å². The number of carbonyl (C=O) groups excluding carboxylic acids is 4. The number of pyridine rings is 4. The van der Waals surface area contributed by atoms with Crippen molar-refractivity contribution in [1.29, 1.82) is 0 Å². The maximum absolute atomic E-state index is 12.3. The minimum Gasteiger partial charge on any atom is -0.465 e. The maximum Gasteiger partial charge on any atom is 0.338 e. The van der Waals surface area contributed by atoms with Crippen LogP contribution in [0, 0.1) is 27.7 Å². The van der Waals surface area contributed by atoms with Gasteiger partial charge in [-0.25, -0.2) is 39.1 Å². The number of carbonyl (C=O) groups is 4. The van der Waals surface area contributed by atoms with E-state index < -0.39 is 7.92 Å². The molecule has 135 heavy (non-hydrogen) atoms. The molecule has 0 radical (unpaired) electrons. The van der Waals surface area contributed by atoms with E-state index in [1.54, 1.807) is 65.6 Å². The fourth-order valence-corrected chi connectivity index (χ4v) is 24.8. The maximum atomic E-state index is 12.3. The van der Waals surface area contributed by atoms with Crippen molar-refractivity contribution in [2.75, 3.05) is 47.4 Å². The highest BCUT2D eigenvalue weighted by atomic mass is 79.9. The average Bonchev–Trinajstić information content (AvgIpc) is 0.727. The van der Waals surface area contributed by atoms with Gasteiger partial charge < -0.3 is 23.8 Å². The van der Waals surface area contributed by atoms with Gasteiger partial charge in [-0.1, -0.05) is 291 Å². The molecular weight excluding hydrogens is 1920 g/mol. The molecule has 4 aromatic heterocycles. The first-order chi connectivity index (χ1) is 65.5. The summed E-state index contributed by atoms with van der Waals surface area (Å²) in [6.45, 7) is 8.29. The normalized spacial score (nSPS) is 11.3. The highest BCUT2D eigenvalue weighted by Gasteiger charge is 2.29. The number of hydrogen-bond donors (Lipinski definition) is 1. The van der Waals surface area contributed by atoms with Crippen LogP contribution in [0.4, 0.5) is 5.69 Å². The van der Waals surface area contributed by atoms with Crippen molar-refractivity contribution >= 4 is 232 Å². The fraction of sp³-hybridized carbons (Fsp3) is 0.0877. The number of rotatable bonds is 11. The predicted molar refractivity (Wildman–Crippen MR) is 570 cm³/mol. The minimum absolute atomic E-state index is 0.312. The van der Waals surface area contributed by atoms with Crippen molar-refractivity contribution in [3.05, 3.63) is 398 Å². The molecule has 0 fully saturated rings. The van der Waals surface area contributed by atoms with E-state index in [-0.39, 0.29) is 23.9 Å². The van der Waals surface area contributed by atoms with Crippen molar-refractivity contribution in [3.63, 3.8) is 0 Å². The Bertz CT molecular complexity index is 8020. The molecule has 0 spiro atoms. The molecule has 2 aliphatic rings. The second-order valence-corrected chi connectivity index (χ2v) is 40.2. The van der Waals surface area contributed by atoms with Gasteiger partial charge in [-0.2, -0.15) is 0 Å². The molecule has 0 amide bonds. The first kappa shape index (κ1) is 93.8. The van der Waals surface area contributed by atoms with E-state index in [1.807, 2.05) is 109 Å². The summed E-state index contributed by atoms with van der Waals surface area (Å²) in [6.07, 6.45) is 0. The quantitative estimate of drug-likeness (QED) is 0.0428. The van der Waals surface area contributed by atoms with Crippen LogP contribution in [-0.4, -0.2) is 86.3 Å². The Kier molecular flexibility index (Phi) is 29.1. The first-order valence-corrected chi connectivity index (χ1v) is 49.3. The van der Waals surface area contributed by atoms with Gasteiger partial charge in [0.2, 0.25) is 0 Å².